The maximum Gasteiger partial charge on any atom is 0.185 e. The molecule has 4 aromatic rings. The van der Waals surface area contributed by atoms with Crippen molar-refractivity contribution in [3.63, 3.8) is 0 Å². The van der Waals surface area contributed by atoms with Gasteiger partial charge in [0.25, 0.3) is 0 Å². The minimum absolute atomic E-state index is 0.0626. The Kier molecular flexibility index (Phi) is 6.79. The van der Waals surface area contributed by atoms with Crippen LogP contribution in [0.25, 0.3) is 16.8 Å². The van der Waals surface area contributed by atoms with Gasteiger partial charge in [0.15, 0.2) is 17.3 Å². The summed E-state index contributed by atoms with van der Waals surface area (Å²) in [4.78, 5) is 12.6. The number of carbonyl (C=O) groups excluding carboxylic acids is 1. The minimum atomic E-state index is -0.0626. The quantitative estimate of drug-likeness (QED) is 0.209. The van der Waals surface area contributed by atoms with E-state index in [1.54, 1.807) is 31.4 Å². The van der Waals surface area contributed by atoms with E-state index in [0.29, 0.717) is 27.1 Å². The third kappa shape index (κ3) is 5.13. The van der Waals surface area contributed by atoms with Crippen LogP contribution in [0.3, 0.4) is 0 Å². The van der Waals surface area contributed by atoms with Crippen LogP contribution in [-0.4, -0.2) is 12.9 Å². The number of hydrogen-bond donors (Lipinski definition) is 0. The van der Waals surface area contributed by atoms with E-state index >= 15 is 0 Å². The first-order valence-corrected chi connectivity index (χ1v) is 10.7. The normalized spacial score (nSPS) is 11.1. The molecule has 0 aliphatic carbocycles. The third-order valence-electron chi connectivity index (χ3n) is 5.05. The lowest BCUT2D eigenvalue weighted by Crippen LogP contribution is -1.99. The van der Waals surface area contributed by atoms with E-state index in [1.807, 2.05) is 66.7 Å². The van der Waals surface area contributed by atoms with Crippen molar-refractivity contribution in [2.75, 3.05) is 7.11 Å². The molecule has 0 aliphatic heterocycles. The van der Waals surface area contributed by atoms with Gasteiger partial charge in [-0.15, -0.1) is 0 Å². The topological polar surface area (TPSA) is 35.5 Å². The highest BCUT2D eigenvalue weighted by Crippen LogP contribution is 2.30. The molecule has 0 aromatic heterocycles. The summed E-state index contributed by atoms with van der Waals surface area (Å²) in [7, 11) is 1.57. The number of benzene rings is 4. The number of methoxy groups -OCH3 is 1. The molecule has 3 nitrogen and oxygen atoms in total. The highest BCUT2D eigenvalue weighted by molar-refractivity contribution is 6.35. The number of hydrogen-bond acceptors (Lipinski definition) is 3. The van der Waals surface area contributed by atoms with Crippen molar-refractivity contribution in [2.45, 2.75) is 6.61 Å². The molecule has 4 aromatic carbocycles. The third-order valence-corrected chi connectivity index (χ3v) is 5.63. The number of ketones is 1. The Hall–Kier alpha value is -3.27. The number of carbonyl (C=O) groups is 1. The molecule has 0 fully saturated rings. The smallest absolute Gasteiger partial charge is 0.185 e. The summed E-state index contributed by atoms with van der Waals surface area (Å²) < 4.78 is 11.3. The molecule has 0 bridgehead atoms. The van der Waals surface area contributed by atoms with Crippen LogP contribution >= 0.6 is 23.2 Å². The Morgan fingerprint density at radius 2 is 1.69 bits per heavy atom. The highest BCUT2D eigenvalue weighted by atomic mass is 35.5. The lowest BCUT2D eigenvalue weighted by atomic mass is 10.0. The highest BCUT2D eigenvalue weighted by Gasteiger charge is 2.08. The van der Waals surface area contributed by atoms with Crippen molar-refractivity contribution in [2.24, 2.45) is 0 Å². The molecular formula is C27H20Cl2O3. The fraction of sp³-hybridized carbons (Fsp3) is 0.0741. The summed E-state index contributed by atoms with van der Waals surface area (Å²) in [6.07, 6.45) is 3.33. The zero-order valence-corrected chi connectivity index (χ0v) is 18.9. The zero-order valence-electron chi connectivity index (χ0n) is 17.3. The molecule has 0 saturated heterocycles. The summed E-state index contributed by atoms with van der Waals surface area (Å²) >= 11 is 12.2. The van der Waals surface area contributed by atoms with Gasteiger partial charge < -0.3 is 9.47 Å². The standard InChI is InChI=1S/C27H20Cl2O3/c1-31-27-14-18(7-13-26(27)32-17-22-10-11-23(28)16-24(22)29)6-12-25(30)21-9-8-19-4-2-3-5-20(19)15-21/h2-16H,17H2,1H3. The summed E-state index contributed by atoms with van der Waals surface area (Å²) in [6.45, 7) is 0.280. The van der Waals surface area contributed by atoms with Gasteiger partial charge in [-0.25, -0.2) is 0 Å². The minimum Gasteiger partial charge on any atom is -0.493 e. The van der Waals surface area contributed by atoms with Crippen LogP contribution in [0, 0.1) is 0 Å². The van der Waals surface area contributed by atoms with Crippen molar-refractivity contribution in [3.8, 4) is 11.5 Å². The molecule has 0 atom stereocenters. The summed E-state index contributed by atoms with van der Waals surface area (Å²) in [5, 5.41) is 3.26. The van der Waals surface area contributed by atoms with Crippen LogP contribution in [0.15, 0.2) is 84.9 Å². The number of halogens is 2. The summed E-state index contributed by atoms with van der Waals surface area (Å²) in [5.74, 6) is 1.08. The van der Waals surface area contributed by atoms with Crippen molar-refractivity contribution in [1.82, 2.24) is 0 Å². The van der Waals surface area contributed by atoms with Gasteiger partial charge in [0.1, 0.15) is 6.61 Å². The second-order valence-corrected chi connectivity index (χ2v) is 8.04. The summed E-state index contributed by atoms with van der Waals surface area (Å²) in [6, 6.07) is 24.4. The monoisotopic (exact) mass is 462 g/mol. The molecule has 0 unspecified atom stereocenters. The van der Waals surface area contributed by atoms with Gasteiger partial charge in [-0.05, 0) is 52.7 Å². The van der Waals surface area contributed by atoms with E-state index in [2.05, 4.69) is 0 Å². The molecule has 0 heterocycles. The molecule has 0 saturated carbocycles. The van der Waals surface area contributed by atoms with E-state index in [0.717, 1.165) is 21.9 Å². The molecule has 0 radical (unpaired) electrons. The molecule has 32 heavy (non-hydrogen) atoms. The van der Waals surface area contributed by atoms with Crippen LogP contribution in [0.1, 0.15) is 21.5 Å². The molecule has 0 aliphatic rings. The Labute approximate surface area is 196 Å². The van der Waals surface area contributed by atoms with E-state index in [9.17, 15) is 4.79 Å². The van der Waals surface area contributed by atoms with Crippen molar-refractivity contribution in [1.29, 1.82) is 0 Å². The Morgan fingerprint density at radius 1 is 0.875 bits per heavy atom. The maximum absolute atomic E-state index is 12.6. The average Bonchev–Trinajstić information content (AvgIpc) is 2.82. The Morgan fingerprint density at radius 3 is 2.47 bits per heavy atom. The molecule has 5 heteroatoms. The van der Waals surface area contributed by atoms with Gasteiger partial charge in [0, 0.05) is 21.2 Å². The number of ether oxygens (including phenoxy) is 2. The lowest BCUT2D eigenvalue weighted by Gasteiger charge is -2.12. The number of rotatable bonds is 7. The van der Waals surface area contributed by atoms with E-state index in [1.165, 1.54) is 0 Å². The van der Waals surface area contributed by atoms with Crippen LogP contribution in [0.4, 0.5) is 0 Å². The van der Waals surface area contributed by atoms with Crippen LogP contribution in [0.2, 0.25) is 10.0 Å². The van der Waals surface area contributed by atoms with Gasteiger partial charge in [-0.3, -0.25) is 4.79 Å². The first kappa shape index (κ1) is 21.9. The molecule has 4 rings (SSSR count). The molecule has 160 valence electrons. The SMILES string of the molecule is COc1cc(C=CC(=O)c2ccc3ccccc3c2)ccc1OCc1ccc(Cl)cc1Cl. The van der Waals surface area contributed by atoms with Gasteiger partial charge in [0.2, 0.25) is 0 Å². The number of allylic oxidation sites excluding steroid dienone is 1. The van der Waals surface area contributed by atoms with Crippen molar-refractivity contribution < 1.29 is 14.3 Å². The zero-order chi connectivity index (χ0) is 22.5. The summed E-state index contributed by atoms with van der Waals surface area (Å²) in [5.41, 5.74) is 2.29. The molecule has 0 spiro atoms. The fourth-order valence-electron chi connectivity index (χ4n) is 3.31. The fourth-order valence-corrected chi connectivity index (χ4v) is 3.78. The predicted octanol–water partition coefficient (Wildman–Crippen LogP) is 7.63. The van der Waals surface area contributed by atoms with Gasteiger partial charge in [0.05, 0.1) is 7.11 Å². The average molecular weight is 463 g/mol. The van der Waals surface area contributed by atoms with E-state index < -0.39 is 0 Å². The van der Waals surface area contributed by atoms with E-state index in [-0.39, 0.29) is 12.4 Å². The Balaban J connectivity index is 1.47. The van der Waals surface area contributed by atoms with Gasteiger partial charge in [-0.1, -0.05) is 77.8 Å². The van der Waals surface area contributed by atoms with Crippen molar-refractivity contribution >= 4 is 45.8 Å². The number of fused-ring (bicyclic) bond motifs is 1. The second-order valence-electron chi connectivity index (χ2n) is 7.19. The lowest BCUT2D eigenvalue weighted by molar-refractivity contribution is 0.104. The van der Waals surface area contributed by atoms with Crippen molar-refractivity contribution in [3.05, 3.63) is 112 Å². The molecule has 0 N–H and O–H groups in total. The van der Waals surface area contributed by atoms with Gasteiger partial charge >= 0.3 is 0 Å². The predicted molar refractivity (Wildman–Crippen MR) is 131 cm³/mol. The van der Waals surface area contributed by atoms with Crippen LogP contribution in [-0.2, 0) is 6.61 Å². The first-order valence-electron chi connectivity index (χ1n) is 9.99. The molecule has 0 amide bonds. The maximum atomic E-state index is 12.6. The Bertz CT molecular complexity index is 1310. The van der Waals surface area contributed by atoms with Crippen LogP contribution < -0.4 is 9.47 Å². The van der Waals surface area contributed by atoms with E-state index in [4.69, 9.17) is 32.7 Å². The molecular weight excluding hydrogens is 443 g/mol. The second kappa shape index (κ2) is 9.90. The van der Waals surface area contributed by atoms with Crippen LogP contribution in [0.5, 0.6) is 11.5 Å². The largest absolute Gasteiger partial charge is 0.493 e. The first-order chi connectivity index (χ1) is 15.5. The van der Waals surface area contributed by atoms with Gasteiger partial charge in [-0.2, -0.15) is 0 Å².